The van der Waals surface area contributed by atoms with Gasteiger partial charge in [0.05, 0.1) is 0 Å². The molecule has 0 fully saturated rings. The van der Waals surface area contributed by atoms with Crippen LogP contribution in [0.15, 0.2) is 43.0 Å². The Bertz CT molecular complexity index is 531. The van der Waals surface area contributed by atoms with Crippen molar-refractivity contribution in [2.75, 3.05) is 18.1 Å². The Morgan fingerprint density at radius 2 is 2.37 bits per heavy atom. The molecular weight excluding hydrogens is 258 g/mol. The zero-order valence-electron chi connectivity index (χ0n) is 10.6. The topological polar surface area (TPSA) is 58.4 Å². The van der Waals surface area contributed by atoms with Crippen LogP contribution in [0, 0.1) is 0 Å². The van der Waals surface area contributed by atoms with E-state index in [0.29, 0.717) is 0 Å². The lowest BCUT2D eigenvalue weighted by Gasteiger charge is -2.13. The zero-order chi connectivity index (χ0) is 13.7. The van der Waals surface area contributed by atoms with Crippen LogP contribution in [0.4, 0.5) is 5.00 Å². The van der Waals surface area contributed by atoms with Gasteiger partial charge in [-0.1, -0.05) is 24.8 Å². The minimum atomic E-state index is -0.257. The van der Waals surface area contributed by atoms with Gasteiger partial charge in [-0.05, 0) is 30.7 Å². The maximum Gasteiger partial charge on any atom is 0.265 e. The van der Waals surface area contributed by atoms with Crippen molar-refractivity contribution in [2.45, 2.75) is 6.42 Å². The number of nitrogens with two attached hydrogens (primary N) is 1. The predicted octanol–water partition coefficient (Wildman–Crippen LogP) is 2.07. The van der Waals surface area contributed by atoms with Gasteiger partial charge >= 0.3 is 0 Å². The zero-order valence-corrected chi connectivity index (χ0v) is 11.5. The number of thiophene rings is 1. The van der Waals surface area contributed by atoms with Crippen LogP contribution in [0.25, 0.3) is 5.57 Å². The first-order chi connectivity index (χ1) is 9.22. The molecule has 0 aliphatic carbocycles. The maximum absolute atomic E-state index is 11.7. The molecule has 1 aromatic rings. The third-order valence-electron chi connectivity index (χ3n) is 2.82. The molecule has 0 spiro atoms. The summed E-state index contributed by atoms with van der Waals surface area (Å²) in [4.78, 5) is 12.9. The number of nitrogens with zero attached hydrogens (tertiary/aromatic N) is 1. The molecule has 0 saturated heterocycles. The van der Waals surface area contributed by atoms with E-state index in [9.17, 15) is 4.79 Å². The Kier molecular flexibility index (Phi) is 4.68. The molecule has 1 aliphatic heterocycles. The van der Waals surface area contributed by atoms with Crippen LogP contribution in [0.3, 0.4) is 0 Å². The monoisotopic (exact) mass is 275 g/mol. The highest BCUT2D eigenvalue weighted by atomic mass is 32.1. The number of carbonyl (C=O) groups excluding carboxylic acids is 1. The fourth-order valence-electron chi connectivity index (χ4n) is 1.82. The Balaban J connectivity index is 2.12. The first-order valence-electron chi connectivity index (χ1n) is 6.10. The number of rotatable bonds is 4. The summed E-state index contributed by atoms with van der Waals surface area (Å²) in [6, 6.07) is 3.89. The summed E-state index contributed by atoms with van der Waals surface area (Å²) in [5.41, 5.74) is 1.32. The van der Waals surface area contributed by atoms with E-state index in [2.05, 4.69) is 18.0 Å². The number of hydrogen-bond donors (Lipinski definition) is 2. The summed E-state index contributed by atoms with van der Waals surface area (Å²) in [6.45, 7) is 5.41. The van der Waals surface area contributed by atoms with Gasteiger partial charge in [0.2, 0.25) is 0 Å². The Morgan fingerprint density at radius 3 is 3.05 bits per heavy atom. The lowest BCUT2D eigenvalue weighted by Crippen LogP contribution is -2.35. The lowest BCUT2D eigenvalue weighted by molar-refractivity contribution is -0.114. The number of allylic oxidation sites excluding steroid dienone is 2. The molecule has 1 aliphatic rings. The average Bonchev–Trinajstić information content (AvgIpc) is 2.94. The van der Waals surface area contributed by atoms with E-state index < -0.39 is 0 Å². The molecule has 100 valence electrons. The van der Waals surface area contributed by atoms with Gasteiger partial charge in [0.25, 0.3) is 5.91 Å². The molecule has 0 atom stereocenters. The average molecular weight is 275 g/mol. The second kappa shape index (κ2) is 6.47. The summed E-state index contributed by atoms with van der Waals surface area (Å²) in [5.74, 6) is 5.54. The van der Waals surface area contributed by atoms with Crippen molar-refractivity contribution < 1.29 is 4.79 Å². The van der Waals surface area contributed by atoms with Gasteiger partial charge in [-0.3, -0.25) is 4.79 Å². The molecule has 1 aromatic heterocycles. The Hall–Kier alpha value is -1.69. The molecule has 0 bridgehead atoms. The Morgan fingerprint density at radius 1 is 1.53 bits per heavy atom. The highest BCUT2D eigenvalue weighted by molar-refractivity contribution is 7.17. The van der Waals surface area contributed by atoms with Crippen molar-refractivity contribution in [3.05, 3.63) is 47.9 Å². The Labute approximate surface area is 116 Å². The predicted molar refractivity (Wildman–Crippen MR) is 80.8 cm³/mol. The van der Waals surface area contributed by atoms with Crippen LogP contribution >= 0.6 is 11.3 Å². The van der Waals surface area contributed by atoms with Crippen LogP contribution in [0.5, 0.6) is 0 Å². The molecule has 2 rings (SSSR count). The molecule has 1 amide bonds. The molecule has 0 unspecified atom stereocenters. The minimum Gasteiger partial charge on any atom is -0.313 e. The van der Waals surface area contributed by atoms with Gasteiger partial charge < -0.3 is 5.32 Å². The highest BCUT2D eigenvalue weighted by Crippen LogP contribution is 2.31. The lowest BCUT2D eigenvalue weighted by atomic mass is 10.1. The van der Waals surface area contributed by atoms with Crippen molar-refractivity contribution in [3.63, 3.8) is 0 Å². The van der Waals surface area contributed by atoms with E-state index in [-0.39, 0.29) is 5.91 Å². The molecule has 0 aromatic carbocycles. The van der Waals surface area contributed by atoms with Gasteiger partial charge in [-0.15, -0.1) is 11.3 Å². The van der Waals surface area contributed by atoms with E-state index in [1.807, 2.05) is 12.1 Å². The number of anilines is 1. The number of amides is 1. The second-order valence-corrected chi connectivity index (χ2v) is 5.19. The molecule has 19 heavy (non-hydrogen) atoms. The normalized spacial score (nSPS) is 15.3. The van der Waals surface area contributed by atoms with Crippen molar-refractivity contribution in [3.8, 4) is 0 Å². The van der Waals surface area contributed by atoms with E-state index >= 15 is 0 Å². The second-order valence-electron chi connectivity index (χ2n) is 4.12. The van der Waals surface area contributed by atoms with E-state index in [1.54, 1.807) is 12.2 Å². The van der Waals surface area contributed by atoms with Gasteiger partial charge in [0.15, 0.2) is 0 Å². The van der Waals surface area contributed by atoms with Gasteiger partial charge in [0, 0.05) is 17.5 Å². The largest absolute Gasteiger partial charge is 0.313 e. The third-order valence-corrected chi connectivity index (χ3v) is 3.98. The van der Waals surface area contributed by atoms with Crippen molar-refractivity contribution >= 4 is 27.8 Å². The highest BCUT2D eigenvalue weighted by Gasteiger charge is 2.13. The number of hydrazine groups is 1. The van der Waals surface area contributed by atoms with E-state index in [1.165, 1.54) is 27.9 Å². The van der Waals surface area contributed by atoms with E-state index in [4.69, 9.17) is 5.84 Å². The van der Waals surface area contributed by atoms with Crippen LogP contribution < -0.4 is 16.2 Å². The van der Waals surface area contributed by atoms with Crippen LogP contribution in [-0.2, 0) is 4.79 Å². The SMILES string of the molecule is C=C/C=C\C(=O)N(N)c1ccc(C2=CCNCC2)s1. The fourth-order valence-corrected chi connectivity index (χ4v) is 2.82. The molecular formula is C14H17N3OS. The number of nitrogens with one attached hydrogen (secondary N) is 1. The van der Waals surface area contributed by atoms with Crippen LogP contribution in [0.1, 0.15) is 11.3 Å². The van der Waals surface area contributed by atoms with Crippen LogP contribution in [0.2, 0.25) is 0 Å². The van der Waals surface area contributed by atoms with Crippen molar-refractivity contribution in [2.24, 2.45) is 5.84 Å². The minimum absolute atomic E-state index is 0.257. The molecule has 5 heteroatoms. The standard InChI is InChI=1S/C14H17N3OS/c1-2-3-4-13(18)17(15)14-6-5-12(19-14)11-7-9-16-10-8-11/h2-7,16H,1,8-10,15H2/b4-3-. The van der Waals surface area contributed by atoms with E-state index in [0.717, 1.165) is 29.5 Å². The van der Waals surface area contributed by atoms with Gasteiger partial charge in [-0.25, -0.2) is 10.9 Å². The summed E-state index contributed by atoms with van der Waals surface area (Å²) >= 11 is 1.53. The third kappa shape index (κ3) is 3.41. The summed E-state index contributed by atoms with van der Waals surface area (Å²) < 4.78 is 0. The quantitative estimate of drug-likeness (QED) is 0.291. The van der Waals surface area contributed by atoms with Crippen LogP contribution in [-0.4, -0.2) is 19.0 Å². The molecule has 0 saturated carbocycles. The van der Waals surface area contributed by atoms with Gasteiger partial charge in [-0.2, -0.15) is 0 Å². The first-order valence-corrected chi connectivity index (χ1v) is 6.92. The summed E-state index contributed by atoms with van der Waals surface area (Å²) in [5, 5.41) is 5.18. The molecule has 2 heterocycles. The molecule has 4 nitrogen and oxygen atoms in total. The molecule has 0 radical (unpaired) electrons. The summed E-state index contributed by atoms with van der Waals surface area (Å²) in [6.07, 6.45) is 7.71. The molecule has 3 N–H and O–H groups in total. The number of hydrogen-bond acceptors (Lipinski definition) is 4. The van der Waals surface area contributed by atoms with Crippen molar-refractivity contribution in [1.29, 1.82) is 0 Å². The maximum atomic E-state index is 11.7. The smallest absolute Gasteiger partial charge is 0.265 e. The number of carbonyl (C=O) groups is 1. The first kappa shape index (κ1) is 13.7. The summed E-state index contributed by atoms with van der Waals surface area (Å²) in [7, 11) is 0. The van der Waals surface area contributed by atoms with Gasteiger partial charge in [0.1, 0.15) is 5.00 Å². The van der Waals surface area contributed by atoms with Crippen molar-refractivity contribution in [1.82, 2.24) is 5.32 Å². The fraction of sp³-hybridized carbons (Fsp3) is 0.214.